The number of amides is 1. The van der Waals surface area contributed by atoms with Crippen LogP contribution in [0.1, 0.15) is 41.2 Å². The van der Waals surface area contributed by atoms with E-state index in [9.17, 15) is 9.90 Å². The molecule has 4 N–H and O–H groups in total. The maximum absolute atomic E-state index is 12.2. The number of fused-ring (bicyclic) bond motifs is 1. The molecule has 6 nitrogen and oxygen atoms in total. The highest BCUT2D eigenvalue weighted by Gasteiger charge is 2.32. The van der Waals surface area contributed by atoms with Crippen LogP contribution in [0.4, 0.5) is 5.13 Å². The number of carbonyl (C=O) groups is 1. The lowest BCUT2D eigenvalue weighted by Crippen LogP contribution is -2.29. The Morgan fingerprint density at radius 1 is 1.43 bits per heavy atom. The minimum Gasteiger partial charge on any atom is -0.508 e. The van der Waals surface area contributed by atoms with E-state index in [0.29, 0.717) is 10.7 Å². The molecule has 1 heterocycles. The van der Waals surface area contributed by atoms with Gasteiger partial charge in [0.2, 0.25) is 0 Å². The number of nitrogens with one attached hydrogen (secondary N) is 1. The molecule has 3 rings (SSSR count). The standard InChI is InChI=1S/C16H18N4O2S/c1-16(2)7-11-13(23-15(17)18-11)12(8-16)19-20-14(22)9-4-3-5-10(21)6-9/h3-6,21H,7-8H2,1-2H3,(H2,17,18)(H,20,22)/b19-12+. The van der Waals surface area contributed by atoms with Gasteiger partial charge in [0.05, 0.1) is 16.3 Å². The second-order valence-corrected chi connectivity index (χ2v) is 7.43. The first-order valence-corrected chi connectivity index (χ1v) is 8.07. The third-order valence-electron chi connectivity index (χ3n) is 3.67. The van der Waals surface area contributed by atoms with Gasteiger partial charge >= 0.3 is 0 Å². The van der Waals surface area contributed by atoms with Crippen molar-refractivity contribution in [2.45, 2.75) is 26.7 Å². The summed E-state index contributed by atoms with van der Waals surface area (Å²) in [6.45, 7) is 4.27. The Bertz CT molecular complexity index is 795. The second-order valence-electron chi connectivity index (χ2n) is 6.40. The molecule has 7 heteroatoms. The number of hydrogen-bond donors (Lipinski definition) is 3. The Labute approximate surface area is 138 Å². The maximum Gasteiger partial charge on any atom is 0.271 e. The van der Waals surface area contributed by atoms with Crippen LogP contribution in [-0.2, 0) is 6.42 Å². The average molecular weight is 330 g/mol. The van der Waals surface area contributed by atoms with Gasteiger partial charge < -0.3 is 10.8 Å². The molecule has 23 heavy (non-hydrogen) atoms. The number of nitrogen functional groups attached to an aromatic ring is 1. The molecule has 1 aromatic carbocycles. The zero-order chi connectivity index (χ0) is 16.6. The van der Waals surface area contributed by atoms with Crippen LogP contribution in [0.15, 0.2) is 29.4 Å². The van der Waals surface area contributed by atoms with Crippen molar-refractivity contribution in [3.8, 4) is 5.75 Å². The topological polar surface area (TPSA) is 101 Å². The van der Waals surface area contributed by atoms with Gasteiger partial charge in [0, 0.05) is 5.56 Å². The Hall–Kier alpha value is -2.41. The first-order valence-electron chi connectivity index (χ1n) is 7.25. The maximum atomic E-state index is 12.2. The number of anilines is 1. The van der Waals surface area contributed by atoms with Crippen molar-refractivity contribution in [3.63, 3.8) is 0 Å². The van der Waals surface area contributed by atoms with E-state index in [1.807, 2.05) is 0 Å². The molecule has 0 radical (unpaired) electrons. The zero-order valence-electron chi connectivity index (χ0n) is 13.0. The van der Waals surface area contributed by atoms with E-state index in [0.717, 1.165) is 29.1 Å². The van der Waals surface area contributed by atoms with E-state index in [-0.39, 0.29) is 17.1 Å². The van der Waals surface area contributed by atoms with E-state index in [1.54, 1.807) is 12.1 Å². The summed E-state index contributed by atoms with van der Waals surface area (Å²) in [5.74, 6) is -0.322. The Balaban J connectivity index is 1.86. The molecule has 1 aliphatic rings. The number of aromatic hydroxyl groups is 1. The van der Waals surface area contributed by atoms with Crippen LogP contribution in [0.25, 0.3) is 0 Å². The largest absolute Gasteiger partial charge is 0.508 e. The first-order chi connectivity index (χ1) is 10.8. The summed E-state index contributed by atoms with van der Waals surface area (Å²) < 4.78 is 0. The number of nitrogens with two attached hydrogens (primary N) is 1. The highest BCUT2D eigenvalue weighted by Crippen LogP contribution is 2.37. The number of hydrogen-bond acceptors (Lipinski definition) is 6. The molecular formula is C16H18N4O2S. The highest BCUT2D eigenvalue weighted by atomic mass is 32.1. The molecule has 1 aliphatic carbocycles. The van der Waals surface area contributed by atoms with Crippen molar-refractivity contribution in [3.05, 3.63) is 40.4 Å². The fourth-order valence-corrected chi connectivity index (χ4v) is 3.52. The SMILES string of the molecule is CC1(C)C/C(=N\NC(=O)c2cccc(O)c2)c2sc(N)nc2C1. The molecule has 0 unspecified atom stereocenters. The number of phenolic OH excluding ortho intramolecular Hbond substituents is 1. The predicted molar refractivity (Wildman–Crippen MR) is 90.7 cm³/mol. The quantitative estimate of drug-likeness (QED) is 0.737. The lowest BCUT2D eigenvalue weighted by Gasteiger charge is -2.29. The minimum atomic E-state index is -0.365. The van der Waals surface area contributed by atoms with Gasteiger partial charge in [-0.05, 0) is 36.5 Å². The number of phenols is 1. The van der Waals surface area contributed by atoms with Gasteiger partial charge in [-0.25, -0.2) is 10.4 Å². The molecule has 1 amide bonds. The summed E-state index contributed by atoms with van der Waals surface area (Å²) >= 11 is 1.39. The molecule has 0 fully saturated rings. The number of benzene rings is 1. The molecule has 0 atom stereocenters. The van der Waals surface area contributed by atoms with Crippen molar-refractivity contribution in [2.75, 3.05) is 5.73 Å². The second kappa shape index (κ2) is 5.66. The van der Waals surface area contributed by atoms with Crippen molar-refractivity contribution < 1.29 is 9.90 Å². The van der Waals surface area contributed by atoms with E-state index in [1.165, 1.54) is 23.5 Å². The van der Waals surface area contributed by atoms with Crippen LogP contribution >= 0.6 is 11.3 Å². The normalized spacial score (nSPS) is 17.7. The molecule has 0 saturated carbocycles. The van der Waals surface area contributed by atoms with E-state index in [4.69, 9.17) is 5.73 Å². The molecule has 0 spiro atoms. The Morgan fingerprint density at radius 3 is 2.96 bits per heavy atom. The van der Waals surface area contributed by atoms with Crippen molar-refractivity contribution in [1.82, 2.24) is 10.4 Å². The highest BCUT2D eigenvalue weighted by molar-refractivity contribution is 7.17. The third-order valence-corrected chi connectivity index (χ3v) is 4.64. The Kier molecular flexibility index (Phi) is 3.81. The van der Waals surface area contributed by atoms with Crippen LogP contribution < -0.4 is 11.2 Å². The van der Waals surface area contributed by atoms with Crippen LogP contribution in [0, 0.1) is 5.41 Å². The van der Waals surface area contributed by atoms with E-state index in [2.05, 4.69) is 29.4 Å². The fourth-order valence-electron chi connectivity index (χ4n) is 2.68. The van der Waals surface area contributed by atoms with E-state index >= 15 is 0 Å². The average Bonchev–Trinajstić information content (AvgIpc) is 2.83. The number of thiazole rings is 1. The number of carbonyl (C=O) groups excluding carboxylic acids is 1. The molecule has 1 aromatic heterocycles. The number of hydrazone groups is 1. The number of rotatable bonds is 2. The van der Waals surface area contributed by atoms with Gasteiger partial charge in [0.1, 0.15) is 5.75 Å². The molecule has 120 valence electrons. The van der Waals surface area contributed by atoms with Crippen molar-refractivity contribution in [1.29, 1.82) is 0 Å². The number of aromatic nitrogens is 1. The first kappa shape index (κ1) is 15.5. The molecule has 0 aliphatic heterocycles. The number of nitrogens with zero attached hydrogens (tertiary/aromatic N) is 2. The summed E-state index contributed by atoms with van der Waals surface area (Å²) in [5, 5.41) is 14.2. The van der Waals surface area contributed by atoms with Gasteiger partial charge in [-0.15, -0.1) is 0 Å². The molecule has 2 aromatic rings. The third kappa shape index (κ3) is 3.34. The molecule has 0 bridgehead atoms. The van der Waals surface area contributed by atoms with Gasteiger partial charge in [-0.3, -0.25) is 4.79 Å². The molecular weight excluding hydrogens is 312 g/mol. The van der Waals surface area contributed by atoms with Crippen molar-refractivity contribution in [2.24, 2.45) is 10.5 Å². The van der Waals surface area contributed by atoms with Gasteiger partial charge in [0.25, 0.3) is 5.91 Å². The summed E-state index contributed by atoms with van der Waals surface area (Å²) in [6.07, 6.45) is 1.58. The summed E-state index contributed by atoms with van der Waals surface area (Å²) in [5.41, 5.74) is 10.5. The van der Waals surface area contributed by atoms with Crippen LogP contribution in [0.3, 0.4) is 0 Å². The van der Waals surface area contributed by atoms with Crippen LogP contribution in [0.2, 0.25) is 0 Å². The summed E-state index contributed by atoms with van der Waals surface area (Å²) in [6, 6.07) is 6.15. The monoisotopic (exact) mass is 330 g/mol. The summed E-state index contributed by atoms with van der Waals surface area (Å²) in [7, 11) is 0. The van der Waals surface area contributed by atoms with E-state index < -0.39 is 0 Å². The fraction of sp³-hybridized carbons (Fsp3) is 0.312. The molecule has 0 saturated heterocycles. The van der Waals surface area contributed by atoms with Crippen LogP contribution in [0.5, 0.6) is 5.75 Å². The van der Waals surface area contributed by atoms with Crippen LogP contribution in [-0.4, -0.2) is 21.7 Å². The lowest BCUT2D eigenvalue weighted by atomic mass is 9.78. The van der Waals surface area contributed by atoms with Gasteiger partial charge in [0.15, 0.2) is 5.13 Å². The van der Waals surface area contributed by atoms with Gasteiger partial charge in [-0.1, -0.05) is 31.3 Å². The zero-order valence-corrected chi connectivity index (χ0v) is 13.8. The summed E-state index contributed by atoms with van der Waals surface area (Å²) in [4.78, 5) is 17.5. The van der Waals surface area contributed by atoms with Crippen molar-refractivity contribution >= 4 is 28.1 Å². The Morgan fingerprint density at radius 2 is 2.22 bits per heavy atom. The predicted octanol–water partition coefficient (Wildman–Crippen LogP) is 2.54. The lowest BCUT2D eigenvalue weighted by molar-refractivity contribution is 0.0954. The van der Waals surface area contributed by atoms with Gasteiger partial charge in [-0.2, -0.15) is 5.10 Å². The smallest absolute Gasteiger partial charge is 0.271 e. The minimum absolute atomic E-state index is 0.0160.